The highest BCUT2D eigenvalue weighted by molar-refractivity contribution is 7.91. The first-order valence-electron chi connectivity index (χ1n) is 13.9. The third-order valence-electron chi connectivity index (χ3n) is 8.07. The van der Waals surface area contributed by atoms with E-state index in [0.29, 0.717) is 34.9 Å². The Morgan fingerprint density at radius 3 is 2.36 bits per heavy atom. The van der Waals surface area contributed by atoms with Crippen molar-refractivity contribution in [3.05, 3.63) is 64.7 Å². The van der Waals surface area contributed by atoms with Gasteiger partial charge in [0.25, 0.3) is 5.91 Å². The monoisotopic (exact) mass is 555 g/mol. The van der Waals surface area contributed by atoms with Crippen LogP contribution in [-0.2, 0) is 27.5 Å². The van der Waals surface area contributed by atoms with Gasteiger partial charge in [-0.15, -0.1) is 0 Å². The van der Waals surface area contributed by atoms with E-state index in [9.17, 15) is 18.0 Å². The van der Waals surface area contributed by atoms with E-state index >= 15 is 0 Å². The molecule has 1 unspecified atom stereocenters. The first-order chi connectivity index (χ1) is 18.6. The first kappa shape index (κ1) is 29.1. The molecule has 2 aromatic rings. The normalized spacial score (nSPS) is 18.6. The van der Waals surface area contributed by atoms with Crippen LogP contribution in [0.5, 0.6) is 0 Å². The third-order valence-corrected chi connectivity index (χ3v) is 9.82. The molecule has 4 rings (SSSR count). The molecule has 2 aliphatic heterocycles. The number of rotatable bonds is 8. The fourth-order valence-corrected chi connectivity index (χ4v) is 6.75. The van der Waals surface area contributed by atoms with E-state index in [-0.39, 0.29) is 17.8 Å². The molecule has 1 saturated heterocycles. The summed E-state index contributed by atoms with van der Waals surface area (Å²) in [5, 5.41) is 2.97. The smallest absolute Gasteiger partial charge is 0.409 e. The number of hydrogen-bond acceptors (Lipinski definition) is 6. The number of carbonyl (C=O) groups is 2. The summed E-state index contributed by atoms with van der Waals surface area (Å²) in [6, 6.07) is 13.0. The van der Waals surface area contributed by atoms with E-state index < -0.39 is 9.84 Å². The van der Waals surface area contributed by atoms with Crippen molar-refractivity contribution in [2.45, 2.75) is 57.5 Å². The van der Waals surface area contributed by atoms with Crippen molar-refractivity contribution < 1.29 is 22.7 Å². The molecule has 0 radical (unpaired) electrons. The van der Waals surface area contributed by atoms with E-state index in [0.717, 1.165) is 51.0 Å². The van der Waals surface area contributed by atoms with Gasteiger partial charge in [-0.3, -0.25) is 9.69 Å². The zero-order valence-electron chi connectivity index (χ0n) is 23.5. The lowest BCUT2D eigenvalue weighted by Crippen LogP contribution is -2.45. The van der Waals surface area contributed by atoms with E-state index in [1.165, 1.54) is 18.2 Å². The Bertz CT molecular complexity index is 1270. The maximum atomic E-state index is 13.0. The number of methoxy groups -OCH3 is 1. The van der Waals surface area contributed by atoms with Crippen LogP contribution in [0.2, 0.25) is 0 Å². The topological polar surface area (TPSA) is 96.0 Å². The van der Waals surface area contributed by atoms with Crippen molar-refractivity contribution in [1.29, 1.82) is 0 Å². The highest BCUT2D eigenvalue weighted by atomic mass is 32.2. The summed E-state index contributed by atoms with van der Waals surface area (Å²) in [7, 11) is -1.80. The summed E-state index contributed by atoms with van der Waals surface area (Å²) in [4.78, 5) is 29.5. The fraction of sp³-hybridized carbons (Fsp3) is 0.533. The van der Waals surface area contributed by atoms with Gasteiger partial charge in [0, 0.05) is 44.3 Å². The summed E-state index contributed by atoms with van der Waals surface area (Å²) in [5.41, 5.74) is 4.02. The van der Waals surface area contributed by atoms with Crippen LogP contribution in [0, 0.1) is 11.8 Å². The van der Waals surface area contributed by atoms with Crippen molar-refractivity contribution in [2.75, 3.05) is 39.0 Å². The summed E-state index contributed by atoms with van der Waals surface area (Å²) < 4.78 is 28.9. The van der Waals surface area contributed by atoms with E-state index in [2.05, 4.69) is 30.1 Å². The van der Waals surface area contributed by atoms with Crippen molar-refractivity contribution in [3.63, 3.8) is 0 Å². The summed E-state index contributed by atoms with van der Waals surface area (Å²) in [6.07, 6.45) is 2.63. The lowest BCUT2D eigenvalue weighted by atomic mass is 9.84. The van der Waals surface area contributed by atoms with Gasteiger partial charge in [0.1, 0.15) is 0 Å². The number of nitrogens with zero attached hydrogens (tertiary/aromatic N) is 2. The SMILES string of the molecule is CCS(=O)(=O)c1ccc(CNC(=O)c2ccc3c(c2)CCN(CC2CCN(C(=O)OC)CC2)C3C(C)C)cc1. The van der Waals surface area contributed by atoms with Gasteiger partial charge in [0.15, 0.2) is 9.84 Å². The van der Waals surface area contributed by atoms with Gasteiger partial charge in [-0.25, -0.2) is 13.2 Å². The average Bonchev–Trinajstić information content (AvgIpc) is 2.95. The summed E-state index contributed by atoms with van der Waals surface area (Å²) >= 11 is 0. The second kappa shape index (κ2) is 12.5. The van der Waals surface area contributed by atoms with E-state index in [1.54, 1.807) is 36.1 Å². The van der Waals surface area contributed by atoms with Gasteiger partial charge in [0.05, 0.1) is 17.8 Å². The molecule has 1 N–H and O–H groups in total. The van der Waals surface area contributed by atoms with Gasteiger partial charge < -0.3 is 15.0 Å². The van der Waals surface area contributed by atoms with Crippen LogP contribution in [0.3, 0.4) is 0 Å². The Morgan fingerprint density at radius 2 is 1.74 bits per heavy atom. The van der Waals surface area contributed by atoms with Gasteiger partial charge in [-0.2, -0.15) is 0 Å². The number of amides is 2. The number of carbonyl (C=O) groups excluding carboxylic acids is 2. The predicted octanol–water partition coefficient (Wildman–Crippen LogP) is 4.44. The Morgan fingerprint density at radius 1 is 1.05 bits per heavy atom. The molecule has 0 aliphatic carbocycles. The molecule has 1 atom stereocenters. The minimum Gasteiger partial charge on any atom is -0.453 e. The van der Waals surface area contributed by atoms with Gasteiger partial charge >= 0.3 is 6.09 Å². The summed E-state index contributed by atoms with van der Waals surface area (Å²) in [5.74, 6) is 0.907. The van der Waals surface area contributed by atoms with Gasteiger partial charge in [-0.05, 0) is 72.1 Å². The lowest BCUT2D eigenvalue weighted by Gasteiger charge is -2.43. The molecule has 0 spiro atoms. The zero-order valence-corrected chi connectivity index (χ0v) is 24.3. The number of likely N-dealkylation sites (tertiary alicyclic amines) is 1. The number of benzene rings is 2. The van der Waals surface area contributed by atoms with Gasteiger partial charge in [-0.1, -0.05) is 39.0 Å². The molecule has 2 aromatic carbocycles. The van der Waals surface area contributed by atoms with Crippen LogP contribution in [0.25, 0.3) is 0 Å². The number of fused-ring (bicyclic) bond motifs is 1. The van der Waals surface area contributed by atoms with Crippen LogP contribution in [-0.4, -0.2) is 69.3 Å². The van der Waals surface area contributed by atoms with Gasteiger partial charge in [0.2, 0.25) is 0 Å². The molecule has 2 heterocycles. The van der Waals surface area contributed by atoms with Crippen molar-refractivity contribution in [1.82, 2.24) is 15.1 Å². The molecule has 0 saturated carbocycles. The number of nitrogens with one attached hydrogen (secondary N) is 1. The van der Waals surface area contributed by atoms with Crippen LogP contribution in [0.15, 0.2) is 47.4 Å². The molecule has 0 aromatic heterocycles. The number of hydrogen-bond donors (Lipinski definition) is 1. The average molecular weight is 556 g/mol. The largest absolute Gasteiger partial charge is 0.453 e. The lowest BCUT2D eigenvalue weighted by molar-refractivity contribution is 0.0792. The Kier molecular flexibility index (Phi) is 9.33. The maximum Gasteiger partial charge on any atom is 0.409 e. The minimum absolute atomic E-state index is 0.0627. The third kappa shape index (κ3) is 6.81. The van der Waals surface area contributed by atoms with Crippen molar-refractivity contribution in [2.24, 2.45) is 11.8 Å². The van der Waals surface area contributed by atoms with Crippen LogP contribution in [0.1, 0.15) is 66.7 Å². The van der Waals surface area contributed by atoms with Crippen LogP contribution >= 0.6 is 0 Å². The van der Waals surface area contributed by atoms with Crippen LogP contribution in [0.4, 0.5) is 4.79 Å². The number of ether oxygens (including phenoxy) is 1. The quantitative estimate of drug-likeness (QED) is 0.517. The Labute approximate surface area is 232 Å². The highest BCUT2D eigenvalue weighted by Crippen LogP contribution is 2.37. The molecule has 9 heteroatoms. The molecular weight excluding hydrogens is 514 g/mol. The standard InChI is InChI=1S/C30H41N3O5S/c1-5-39(36,37)26-9-6-22(7-10-26)19-31-29(34)25-8-11-27-24(18-25)14-17-33(28(27)21(2)3)20-23-12-15-32(16-13-23)30(35)38-4/h6-11,18,21,23,28H,5,12-17,19-20H2,1-4H3,(H,31,34). The zero-order chi connectivity index (χ0) is 28.2. The predicted molar refractivity (Wildman–Crippen MR) is 151 cm³/mol. The molecule has 1 fully saturated rings. The number of sulfone groups is 1. The van der Waals surface area contributed by atoms with E-state index in [4.69, 9.17) is 4.74 Å². The van der Waals surface area contributed by atoms with Crippen LogP contribution < -0.4 is 5.32 Å². The van der Waals surface area contributed by atoms with E-state index in [1.807, 2.05) is 12.1 Å². The molecule has 8 nitrogen and oxygen atoms in total. The first-order valence-corrected chi connectivity index (χ1v) is 15.6. The second-order valence-electron chi connectivity index (χ2n) is 11.0. The fourth-order valence-electron chi connectivity index (χ4n) is 5.86. The minimum atomic E-state index is -3.24. The molecule has 2 aliphatic rings. The van der Waals surface area contributed by atoms with Crippen molar-refractivity contribution >= 4 is 21.8 Å². The van der Waals surface area contributed by atoms with Crippen molar-refractivity contribution in [3.8, 4) is 0 Å². The number of piperidine rings is 1. The Hall–Kier alpha value is -2.91. The molecule has 39 heavy (non-hydrogen) atoms. The Balaban J connectivity index is 1.38. The molecular formula is C30H41N3O5S. The molecule has 2 amide bonds. The summed E-state index contributed by atoms with van der Waals surface area (Å²) in [6.45, 7) is 9.92. The molecule has 0 bridgehead atoms. The maximum absolute atomic E-state index is 13.0. The molecule has 212 valence electrons. The highest BCUT2D eigenvalue weighted by Gasteiger charge is 2.33. The second-order valence-corrected chi connectivity index (χ2v) is 13.3.